The summed E-state index contributed by atoms with van der Waals surface area (Å²) >= 11 is 0. The first-order chi connectivity index (χ1) is 10.6. The normalized spacial score (nSPS) is 10.4. The molecule has 3 aromatic rings. The summed E-state index contributed by atoms with van der Waals surface area (Å²) in [6.45, 7) is 4.05. The van der Waals surface area contributed by atoms with E-state index in [1.54, 1.807) is 22.9 Å². The lowest BCUT2D eigenvalue weighted by molar-refractivity contribution is 0.810. The van der Waals surface area contributed by atoms with Gasteiger partial charge in [-0.2, -0.15) is 9.94 Å². The highest BCUT2D eigenvalue weighted by molar-refractivity contribution is 5.74. The number of aryl methyl sites for hydroxylation is 2. The second-order valence-electron chi connectivity index (χ2n) is 5.22. The van der Waals surface area contributed by atoms with Gasteiger partial charge in [-0.15, -0.1) is 5.10 Å². The Morgan fingerprint density at radius 2 is 1.95 bits per heavy atom. The molecular weight excluding hydrogens is 274 g/mol. The van der Waals surface area contributed by atoms with Gasteiger partial charge in [-0.3, -0.25) is 0 Å². The highest BCUT2D eigenvalue weighted by Gasteiger charge is 2.15. The minimum absolute atomic E-state index is 0.462. The van der Waals surface area contributed by atoms with Crippen molar-refractivity contribution >= 4 is 5.82 Å². The Labute approximate surface area is 128 Å². The molecular formula is C17H15N5. The topological polar surface area (TPSA) is 80.5 Å². The van der Waals surface area contributed by atoms with Crippen molar-refractivity contribution in [1.29, 1.82) is 5.26 Å². The van der Waals surface area contributed by atoms with Crippen LogP contribution in [0.1, 0.15) is 16.7 Å². The van der Waals surface area contributed by atoms with Gasteiger partial charge < -0.3 is 5.73 Å². The molecule has 0 atom stereocenters. The number of nitrogens with two attached hydrogens (primary N) is 1. The molecule has 0 spiro atoms. The van der Waals surface area contributed by atoms with Crippen molar-refractivity contribution < 1.29 is 0 Å². The van der Waals surface area contributed by atoms with Crippen LogP contribution in [-0.2, 0) is 0 Å². The van der Waals surface area contributed by atoms with E-state index >= 15 is 0 Å². The Bertz CT molecular complexity index is 886. The SMILES string of the molecule is Cc1ccc(C)c(-c2nnn(-c3cccc(C#N)c3)c2N)c1. The third kappa shape index (κ3) is 2.31. The van der Waals surface area contributed by atoms with Crippen LogP contribution in [0.25, 0.3) is 16.9 Å². The highest BCUT2D eigenvalue weighted by atomic mass is 15.5. The predicted molar refractivity (Wildman–Crippen MR) is 85.4 cm³/mol. The van der Waals surface area contributed by atoms with Crippen LogP contribution in [0.2, 0.25) is 0 Å². The summed E-state index contributed by atoms with van der Waals surface area (Å²) in [5, 5.41) is 17.4. The monoisotopic (exact) mass is 289 g/mol. The molecule has 0 fully saturated rings. The highest BCUT2D eigenvalue weighted by Crippen LogP contribution is 2.28. The fourth-order valence-electron chi connectivity index (χ4n) is 2.37. The predicted octanol–water partition coefficient (Wildman–Crippen LogP) is 3.01. The van der Waals surface area contributed by atoms with Crippen molar-refractivity contribution in [1.82, 2.24) is 15.0 Å². The zero-order valence-electron chi connectivity index (χ0n) is 12.4. The molecule has 5 nitrogen and oxygen atoms in total. The molecule has 2 aromatic carbocycles. The van der Waals surface area contributed by atoms with E-state index in [9.17, 15) is 0 Å². The standard InChI is InChI=1S/C17H15N5/c1-11-6-7-12(2)15(8-11)16-17(19)22(21-20-16)14-5-3-4-13(9-14)10-18/h3-9H,19H2,1-2H3. The van der Waals surface area contributed by atoms with E-state index in [0.29, 0.717) is 17.1 Å². The van der Waals surface area contributed by atoms with Crippen LogP contribution in [-0.4, -0.2) is 15.0 Å². The molecule has 0 bridgehead atoms. The van der Waals surface area contributed by atoms with E-state index in [1.165, 1.54) is 0 Å². The number of nitrogens with zero attached hydrogens (tertiary/aromatic N) is 4. The van der Waals surface area contributed by atoms with E-state index in [2.05, 4.69) is 22.4 Å². The number of hydrogen-bond acceptors (Lipinski definition) is 4. The van der Waals surface area contributed by atoms with Crippen LogP contribution in [0.3, 0.4) is 0 Å². The minimum Gasteiger partial charge on any atom is -0.382 e. The smallest absolute Gasteiger partial charge is 0.155 e. The molecule has 0 saturated carbocycles. The maximum absolute atomic E-state index is 9.00. The molecule has 0 saturated heterocycles. The van der Waals surface area contributed by atoms with Crippen molar-refractivity contribution in [3.8, 4) is 23.0 Å². The molecule has 3 rings (SSSR count). The maximum atomic E-state index is 9.00. The van der Waals surface area contributed by atoms with Gasteiger partial charge in [-0.05, 0) is 43.7 Å². The van der Waals surface area contributed by atoms with Gasteiger partial charge in [0.2, 0.25) is 0 Å². The second-order valence-corrected chi connectivity index (χ2v) is 5.22. The van der Waals surface area contributed by atoms with Crippen molar-refractivity contribution in [2.45, 2.75) is 13.8 Å². The first-order valence-corrected chi connectivity index (χ1v) is 6.89. The average molecular weight is 289 g/mol. The molecule has 0 aliphatic heterocycles. The van der Waals surface area contributed by atoms with Crippen molar-refractivity contribution in [2.24, 2.45) is 0 Å². The molecule has 22 heavy (non-hydrogen) atoms. The lowest BCUT2D eigenvalue weighted by Gasteiger charge is -2.06. The number of aromatic nitrogens is 3. The van der Waals surface area contributed by atoms with Gasteiger partial charge in [0.1, 0.15) is 5.69 Å². The Balaban J connectivity index is 2.13. The van der Waals surface area contributed by atoms with Crippen molar-refractivity contribution in [3.63, 3.8) is 0 Å². The van der Waals surface area contributed by atoms with Gasteiger partial charge >= 0.3 is 0 Å². The van der Waals surface area contributed by atoms with E-state index in [1.807, 2.05) is 32.0 Å². The zero-order valence-corrected chi connectivity index (χ0v) is 12.4. The number of nitrogen functional groups attached to an aromatic ring is 1. The third-order valence-corrected chi connectivity index (χ3v) is 3.57. The Morgan fingerprint density at radius 3 is 2.73 bits per heavy atom. The Morgan fingerprint density at radius 1 is 1.14 bits per heavy atom. The average Bonchev–Trinajstić information content (AvgIpc) is 2.91. The molecule has 0 radical (unpaired) electrons. The quantitative estimate of drug-likeness (QED) is 0.786. The fraction of sp³-hybridized carbons (Fsp3) is 0.118. The summed E-state index contributed by atoms with van der Waals surface area (Å²) < 4.78 is 1.55. The zero-order chi connectivity index (χ0) is 15.7. The molecule has 5 heteroatoms. The number of benzene rings is 2. The number of nitriles is 1. The van der Waals surface area contributed by atoms with Crippen LogP contribution in [0.5, 0.6) is 0 Å². The minimum atomic E-state index is 0.462. The summed E-state index contributed by atoms with van der Waals surface area (Å²) in [6.07, 6.45) is 0. The van der Waals surface area contributed by atoms with E-state index in [0.717, 1.165) is 22.4 Å². The van der Waals surface area contributed by atoms with Crippen LogP contribution in [0.15, 0.2) is 42.5 Å². The lowest BCUT2D eigenvalue weighted by Crippen LogP contribution is -2.02. The molecule has 0 unspecified atom stereocenters. The fourth-order valence-corrected chi connectivity index (χ4v) is 2.37. The molecule has 0 amide bonds. The van der Waals surface area contributed by atoms with Gasteiger partial charge in [0.15, 0.2) is 5.82 Å². The first-order valence-electron chi connectivity index (χ1n) is 6.89. The lowest BCUT2D eigenvalue weighted by atomic mass is 10.0. The molecule has 108 valence electrons. The first kappa shape index (κ1) is 13.8. The molecule has 0 aliphatic carbocycles. The van der Waals surface area contributed by atoms with Crippen LogP contribution in [0.4, 0.5) is 5.82 Å². The summed E-state index contributed by atoms with van der Waals surface area (Å²) in [5.74, 6) is 0.462. The Hall–Kier alpha value is -3.13. The van der Waals surface area contributed by atoms with Crippen molar-refractivity contribution in [2.75, 3.05) is 5.73 Å². The second kappa shape index (κ2) is 5.34. The largest absolute Gasteiger partial charge is 0.382 e. The van der Waals surface area contributed by atoms with Gasteiger partial charge in [-0.1, -0.05) is 29.0 Å². The summed E-state index contributed by atoms with van der Waals surface area (Å²) in [5.41, 5.74) is 11.4. The van der Waals surface area contributed by atoms with E-state index < -0.39 is 0 Å². The summed E-state index contributed by atoms with van der Waals surface area (Å²) in [4.78, 5) is 0. The Kier molecular flexibility index (Phi) is 3.36. The van der Waals surface area contributed by atoms with E-state index in [-0.39, 0.29) is 0 Å². The van der Waals surface area contributed by atoms with E-state index in [4.69, 9.17) is 11.0 Å². The van der Waals surface area contributed by atoms with Crippen LogP contribution in [0, 0.1) is 25.2 Å². The van der Waals surface area contributed by atoms with Gasteiger partial charge in [0.05, 0.1) is 17.3 Å². The summed E-state index contributed by atoms with van der Waals surface area (Å²) in [6, 6.07) is 15.4. The molecule has 1 heterocycles. The third-order valence-electron chi connectivity index (χ3n) is 3.57. The van der Waals surface area contributed by atoms with Crippen LogP contribution >= 0.6 is 0 Å². The number of rotatable bonds is 2. The van der Waals surface area contributed by atoms with Crippen molar-refractivity contribution in [3.05, 3.63) is 59.2 Å². The number of anilines is 1. The number of hydrogen-bond donors (Lipinski definition) is 1. The van der Waals surface area contributed by atoms with Gasteiger partial charge in [0.25, 0.3) is 0 Å². The van der Waals surface area contributed by atoms with Gasteiger partial charge in [0, 0.05) is 5.56 Å². The summed E-state index contributed by atoms with van der Waals surface area (Å²) in [7, 11) is 0. The van der Waals surface area contributed by atoms with Gasteiger partial charge in [-0.25, -0.2) is 0 Å². The maximum Gasteiger partial charge on any atom is 0.155 e. The molecule has 2 N–H and O–H groups in total. The van der Waals surface area contributed by atoms with Crippen LogP contribution < -0.4 is 5.73 Å². The molecule has 1 aromatic heterocycles. The molecule has 0 aliphatic rings.